The first-order chi connectivity index (χ1) is 8.61. The molecule has 0 saturated heterocycles. The van der Waals surface area contributed by atoms with Gasteiger partial charge >= 0.3 is 0 Å². The maximum atomic E-state index is 9.62. The number of hydrogen-bond donors (Lipinski definition) is 1. The van der Waals surface area contributed by atoms with E-state index in [-0.39, 0.29) is 6.10 Å². The number of rotatable bonds is 4. The fourth-order valence-corrected chi connectivity index (χ4v) is 2.62. The number of methoxy groups -OCH3 is 1. The molecule has 100 valence electrons. The molecule has 18 heavy (non-hydrogen) atoms. The van der Waals surface area contributed by atoms with Crippen LogP contribution in [0.15, 0.2) is 12.1 Å². The van der Waals surface area contributed by atoms with Crippen LogP contribution in [-0.4, -0.2) is 18.3 Å². The van der Waals surface area contributed by atoms with E-state index in [2.05, 4.69) is 0 Å². The maximum absolute atomic E-state index is 9.62. The third-order valence-electron chi connectivity index (χ3n) is 3.33. The van der Waals surface area contributed by atoms with E-state index < -0.39 is 6.10 Å². The Morgan fingerprint density at radius 3 is 2.50 bits per heavy atom. The number of hydrogen-bond acceptors (Lipinski definition) is 3. The van der Waals surface area contributed by atoms with Crippen molar-refractivity contribution in [1.82, 2.24) is 0 Å². The zero-order valence-electron chi connectivity index (χ0n) is 10.8. The van der Waals surface area contributed by atoms with Crippen molar-refractivity contribution in [2.45, 2.75) is 44.8 Å². The van der Waals surface area contributed by atoms with Crippen molar-refractivity contribution >= 4 is 11.6 Å². The summed E-state index contributed by atoms with van der Waals surface area (Å²) in [4.78, 5) is 0. The van der Waals surface area contributed by atoms with Gasteiger partial charge in [-0.2, -0.15) is 0 Å². The van der Waals surface area contributed by atoms with Crippen LogP contribution in [-0.2, 0) is 0 Å². The van der Waals surface area contributed by atoms with Crippen molar-refractivity contribution in [2.24, 2.45) is 0 Å². The van der Waals surface area contributed by atoms with Gasteiger partial charge in [0.2, 0.25) is 0 Å². The molecule has 0 aliphatic heterocycles. The lowest BCUT2D eigenvalue weighted by atomic mass is 10.1. The molecule has 0 radical (unpaired) electrons. The normalized spacial score (nSPS) is 17.8. The van der Waals surface area contributed by atoms with Gasteiger partial charge in [-0.1, -0.05) is 11.6 Å². The largest absolute Gasteiger partial charge is 0.493 e. The van der Waals surface area contributed by atoms with Crippen LogP contribution < -0.4 is 9.47 Å². The summed E-state index contributed by atoms with van der Waals surface area (Å²) in [6, 6.07) is 3.48. The highest BCUT2D eigenvalue weighted by molar-refractivity contribution is 6.31. The van der Waals surface area contributed by atoms with Crippen LogP contribution in [0.3, 0.4) is 0 Å². The van der Waals surface area contributed by atoms with E-state index in [0.717, 1.165) is 12.8 Å². The van der Waals surface area contributed by atoms with Gasteiger partial charge in [-0.3, -0.25) is 0 Å². The van der Waals surface area contributed by atoms with E-state index in [1.807, 2.05) is 0 Å². The van der Waals surface area contributed by atoms with Crippen molar-refractivity contribution in [3.63, 3.8) is 0 Å². The van der Waals surface area contributed by atoms with Crippen molar-refractivity contribution in [3.8, 4) is 11.5 Å². The topological polar surface area (TPSA) is 38.7 Å². The van der Waals surface area contributed by atoms with Crippen molar-refractivity contribution in [2.75, 3.05) is 7.11 Å². The summed E-state index contributed by atoms with van der Waals surface area (Å²) in [5.41, 5.74) is 0.660. The molecule has 3 nitrogen and oxygen atoms in total. The molecule has 0 aromatic heterocycles. The van der Waals surface area contributed by atoms with Crippen molar-refractivity contribution in [3.05, 3.63) is 22.7 Å². The quantitative estimate of drug-likeness (QED) is 0.906. The Morgan fingerprint density at radius 2 is 1.94 bits per heavy atom. The molecule has 1 aliphatic carbocycles. The lowest BCUT2D eigenvalue weighted by Crippen LogP contribution is -2.12. The molecule has 1 unspecified atom stereocenters. The van der Waals surface area contributed by atoms with Gasteiger partial charge in [0.15, 0.2) is 11.5 Å². The highest BCUT2D eigenvalue weighted by Crippen LogP contribution is 2.37. The van der Waals surface area contributed by atoms with Gasteiger partial charge in [0.25, 0.3) is 0 Å². The molecular weight excluding hydrogens is 252 g/mol. The van der Waals surface area contributed by atoms with Gasteiger partial charge in [-0.25, -0.2) is 0 Å². The van der Waals surface area contributed by atoms with Gasteiger partial charge in [0.1, 0.15) is 0 Å². The lowest BCUT2D eigenvalue weighted by molar-refractivity contribution is 0.193. The summed E-state index contributed by atoms with van der Waals surface area (Å²) in [6.07, 6.45) is 4.23. The molecule has 4 heteroatoms. The Morgan fingerprint density at radius 1 is 1.28 bits per heavy atom. The Bertz CT molecular complexity index is 412. The number of ether oxygens (including phenoxy) is 2. The summed E-state index contributed by atoms with van der Waals surface area (Å²) < 4.78 is 11.2. The molecular formula is C14H19ClO3. The maximum Gasteiger partial charge on any atom is 0.163 e. The molecule has 1 aromatic carbocycles. The van der Waals surface area contributed by atoms with E-state index in [0.29, 0.717) is 22.1 Å². The van der Waals surface area contributed by atoms with Crippen LogP contribution in [0.5, 0.6) is 11.5 Å². The molecule has 1 N–H and O–H groups in total. The monoisotopic (exact) mass is 270 g/mol. The molecule has 0 amide bonds. The Kier molecular flexibility index (Phi) is 4.36. The first kappa shape index (κ1) is 13.5. The van der Waals surface area contributed by atoms with Crippen LogP contribution >= 0.6 is 11.6 Å². The second-order valence-electron chi connectivity index (χ2n) is 4.72. The van der Waals surface area contributed by atoms with E-state index >= 15 is 0 Å². The molecule has 2 rings (SSSR count). The van der Waals surface area contributed by atoms with Gasteiger partial charge in [-0.15, -0.1) is 0 Å². The molecule has 0 bridgehead atoms. The van der Waals surface area contributed by atoms with Crippen molar-refractivity contribution in [1.29, 1.82) is 0 Å². The predicted octanol–water partition coefficient (Wildman–Crippen LogP) is 3.72. The summed E-state index contributed by atoms with van der Waals surface area (Å²) in [7, 11) is 1.59. The van der Waals surface area contributed by atoms with E-state index in [9.17, 15) is 5.11 Å². The molecule has 1 saturated carbocycles. The molecule has 1 aliphatic rings. The standard InChI is InChI=1S/C14H19ClO3/c1-9(16)11-7-13(17-2)14(8-12(11)15)18-10-5-3-4-6-10/h7-10,16H,3-6H2,1-2H3. The zero-order valence-corrected chi connectivity index (χ0v) is 11.5. The summed E-state index contributed by atoms with van der Waals surface area (Å²) in [5.74, 6) is 1.29. The second kappa shape index (κ2) is 5.81. The number of halogens is 1. The molecule has 0 heterocycles. The third-order valence-corrected chi connectivity index (χ3v) is 3.66. The van der Waals surface area contributed by atoms with E-state index in [1.165, 1.54) is 12.8 Å². The lowest BCUT2D eigenvalue weighted by Gasteiger charge is -2.18. The van der Waals surface area contributed by atoms with Crippen LogP contribution in [0, 0.1) is 0 Å². The number of aliphatic hydroxyl groups is 1. The smallest absolute Gasteiger partial charge is 0.163 e. The minimum atomic E-state index is -0.619. The van der Waals surface area contributed by atoms with Crippen LogP contribution in [0.2, 0.25) is 5.02 Å². The first-order valence-electron chi connectivity index (χ1n) is 6.34. The first-order valence-corrected chi connectivity index (χ1v) is 6.71. The van der Waals surface area contributed by atoms with Crippen LogP contribution in [0.25, 0.3) is 0 Å². The zero-order chi connectivity index (χ0) is 13.1. The number of benzene rings is 1. The minimum absolute atomic E-state index is 0.257. The van der Waals surface area contributed by atoms with Crippen molar-refractivity contribution < 1.29 is 14.6 Å². The highest BCUT2D eigenvalue weighted by Gasteiger charge is 2.20. The summed E-state index contributed by atoms with van der Waals surface area (Å²) in [6.45, 7) is 1.68. The van der Waals surface area contributed by atoms with Gasteiger partial charge < -0.3 is 14.6 Å². The van der Waals surface area contributed by atoms with E-state index in [1.54, 1.807) is 26.2 Å². The molecule has 0 spiro atoms. The average molecular weight is 271 g/mol. The Labute approximate surface area is 113 Å². The number of aliphatic hydroxyl groups excluding tert-OH is 1. The fourth-order valence-electron chi connectivity index (χ4n) is 2.31. The van der Waals surface area contributed by atoms with Crippen LogP contribution in [0.4, 0.5) is 0 Å². The minimum Gasteiger partial charge on any atom is -0.493 e. The van der Waals surface area contributed by atoms with Gasteiger partial charge in [-0.05, 0) is 38.7 Å². The fraction of sp³-hybridized carbons (Fsp3) is 0.571. The molecule has 1 aromatic rings. The average Bonchev–Trinajstić information content (AvgIpc) is 2.81. The SMILES string of the molecule is COc1cc(C(C)O)c(Cl)cc1OC1CCCC1. The highest BCUT2D eigenvalue weighted by atomic mass is 35.5. The second-order valence-corrected chi connectivity index (χ2v) is 5.13. The van der Waals surface area contributed by atoms with Crippen LogP contribution in [0.1, 0.15) is 44.3 Å². The van der Waals surface area contributed by atoms with Gasteiger partial charge in [0, 0.05) is 11.6 Å². The summed E-state index contributed by atoms with van der Waals surface area (Å²) in [5, 5.41) is 10.1. The Hall–Kier alpha value is -0.930. The molecule has 1 fully saturated rings. The third kappa shape index (κ3) is 2.90. The molecule has 1 atom stereocenters. The summed E-state index contributed by atoms with van der Waals surface area (Å²) >= 11 is 6.14. The van der Waals surface area contributed by atoms with E-state index in [4.69, 9.17) is 21.1 Å². The van der Waals surface area contributed by atoms with Gasteiger partial charge in [0.05, 0.1) is 24.3 Å². The predicted molar refractivity (Wildman–Crippen MR) is 71.5 cm³/mol. The Balaban J connectivity index is 2.25.